The first kappa shape index (κ1) is 12.8. The quantitative estimate of drug-likeness (QED) is 0.875. The van der Waals surface area contributed by atoms with Crippen LogP contribution in [-0.4, -0.2) is 35.4 Å². The van der Waals surface area contributed by atoms with Crippen LogP contribution in [0, 0.1) is 11.7 Å². The van der Waals surface area contributed by atoms with Crippen LogP contribution in [0.5, 0.6) is 0 Å². The molecule has 1 fully saturated rings. The second kappa shape index (κ2) is 4.92. The van der Waals surface area contributed by atoms with E-state index in [-0.39, 0.29) is 11.9 Å². The van der Waals surface area contributed by atoms with Gasteiger partial charge in [-0.3, -0.25) is 4.79 Å². The van der Waals surface area contributed by atoms with Gasteiger partial charge in [-0.1, -0.05) is 6.92 Å². The van der Waals surface area contributed by atoms with Gasteiger partial charge in [0.25, 0.3) is 5.91 Å². The number of amides is 1. The molecule has 1 N–H and O–H groups in total. The lowest BCUT2D eigenvalue weighted by molar-refractivity contribution is 0.0744. The van der Waals surface area contributed by atoms with E-state index in [2.05, 4.69) is 17.2 Å². The first-order valence-corrected chi connectivity index (χ1v) is 6.17. The maximum absolute atomic E-state index is 13.2. The third kappa shape index (κ3) is 2.30. The van der Waals surface area contributed by atoms with Crippen LogP contribution in [-0.2, 0) is 0 Å². The van der Waals surface area contributed by atoms with Crippen LogP contribution < -0.4 is 5.32 Å². The zero-order valence-electron chi connectivity index (χ0n) is 10.9. The number of carbonyl (C=O) groups excluding carboxylic acids is 1. The molecule has 5 heteroatoms. The Morgan fingerprint density at radius 1 is 1.56 bits per heavy atom. The second-order valence-electron chi connectivity index (χ2n) is 4.95. The molecular formula is C13H18FN3O. The highest BCUT2D eigenvalue weighted by Crippen LogP contribution is 2.26. The van der Waals surface area contributed by atoms with Gasteiger partial charge in [0.1, 0.15) is 11.6 Å². The summed E-state index contributed by atoms with van der Waals surface area (Å²) in [7, 11) is 1.67. The normalized spacial score (nSPS) is 23.2. The summed E-state index contributed by atoms with van der Waals surface area (Å²) in [5, 5.41) is 2.83. The van der Waals surface area contributed by atoms with Gasteiger partial charge in [0.15, 0.2) is 0 Å². The molecule has 0 aliphatic carbocycles. The van der Waals surface area contributed by atoms with E-state index >= 15 is 0 Å². The van der Waals surface area contributed by atoms with Crippen molar-refractivity contribution in [2.24, 2.45) is 5.92 Å². The molecule has 98 valence electrons. The lowest BCUT2D eigenvalue weighted by Gasteiger charge is -2.22. The second-order valence-corrected chi connectivity index (χ2v) is 4.95. The average molecular weight is 251 g/mol. The number of aromatic nitrogens is 1. The summed E-state index contributed by atoms with van der Waals surface area (Å²) >= 11 is 0. The molecule has 1 aromatic rings. The van der Waals surface area contributed by atoms with Gasteiger partial charge in [-0.15, -0.1) is 0 Å². The van der Waals surface area contributed by atoms with Gasteiger partial charge < -0.3 is 10.2 Å². The third-order valence-electron chi connectivity index (χ3n) is 3.37. The number of nitrogens with one attached hydrogen (secondary N) is 1. The van der Waals surface area contributed by atoms with E-state index in [1.165, 1.54) is 6.07 Å². The first-order chi connectivity index (χ1) is 8.52. The molecule has 2 atom stereocenters. The van der Waals surface area contributed by atoms with Crippen molar-refractivity contribution in [1.29, 1.82) is 0 Å². The molecular weight excluding hydrogens is 233 g/mol. The summed E-state index contributed by atoms with van der Waals surface area (Å²) in [4.78, 5) is 18.1. The van der Waals surface area contributed by atoms with E-state index < -0.39 is 5.82 Å². The van der Waals surface area contributed by atoms with Gasteiger partial charge in [0.05, 0.1) is 11.8 Å². The van der Waals surface area contributed by atoms with E-state index in [9.17, 15) is 9.18 Å². The fourth-order valence-corrected chi connectivity index (χ4v) is 2.54. The molecule has 1 aliphatic rings. The van der Waals surface area contributed by atoms with Crippen molar-refractivity contribution in [1.82, 2.24) is 9.88 Å². The number of halogens is 1. The van der Waals surface area contributed by atoms with Crippen molar-refractivity contribution in [2.75, 3.05) is 18.9 Å². The lowest BCUT2D eigenvalue weighted by Crippen LogP contribution is -2.34. The number of rotatable bonds is 2. The SMILES string of the molecule is CNc1ncc(F)cc1C(=O)N1CC(C)CC1C. The van der Waals surface area contributed by atoms with Gasteiger partial charge >= 0.3 is 0 Å². The molecule has 2 unspecified atom stereocenters. The Balaban J connectivity index is 2.31. The summed E-state index contributed by atoms with van der Waals surface area (Å²) in [5.74, 6) is 0.275. The molecule has 4 nitrogen and oxygen atoms in total. The minimum atomic E-state index is -0.489. The minimum Gasteiger partial charge on any atom is -0.372 e. The number of anilines is 1. The fourth-order valence-electron chi connectivity index (χ4n) is 2.54. The Morgan fingerprint density at radius 2 is 2.28 bits per heavy atom. The zero-order valence-corrected chi connectivity index (χ0v) is 10.9. The summed E-state index contributed by atoms with van der Waals surface area (Å²) in [5.41, 5.74) is 0.304. The third-order valence-corrected chi connectivity index (χ3v) is 3.37. The van der Waals surface area contributed by atoms with E-state index in [0.717, 1.165) is 19.2 Å². The Kier molecular flexibility index (Phi) is 3.50. The highest BCUT2D eigenvalue weighted by Gasteiger charge is 2.31. The molecule has 1 aliphatic heterocycles. The van der Waals surface area contributed by atoms with Crippen molar-refractivity contribution < 1.29 is 9.18 Å². The maximum Gasteiger partial charge on any atom is 0.257 e. The van der Waals surface area contributed by atoms with E-state index in [4.69, 9.17) is 0 Å². The van der Waals surface area contributed by atoms with Crippen LogP contribution in [0.1, 0.15) is 30.6 Å². The molecule has 2 rings (SSSR count). The topological polar surface area (TPSA) is 45.2 Å². The average Bonchev–Trinajstić information content (AvgIpc) is 2.67. The first-order valence-electron chi connectivity index (χ1n) is 6.17. The molecule has 0 radical (unpaired) electrons. The van der Waals surface area contributed by atoms with Crippen LogP contribution in [0.15, 0.2) is 12.3 Å². The number of hydrogen-bond acceptors (Lipinski definition) is 3. The molecule has 1 amide bonds. The molecule has 0 saturated carbocycles. The van der Waals surface area contributed by atoms with Crippen LogP contribution >= 0.6 is 0 Å². The van der Waals surface area contributed by atoms with Crippen LogP contribution in [0.25, 0.3) is 0 Å². The predicted octanol–water partition coefficient (Wildman–Crippen LogP) is 2.13. The summed E-state index contributed by atoms with van der Waals surface area (Å²) in [6.45, 7) is 4.86. The molecule has 1 aromatic heterocycles. The largest absolute Gasteiger partial charge is 0.372 e. The lowest BCUT2D eigenvalue weighted by atomic mass is 10.1. The van der Waals surface area contributed by atoms with E-state index in [1.54, 1.807) is 11.9 Å². The van der Waals surface area contributed by atoms with Crippen molar-refractivity contribution in [3.63, 3.8) is 0 Å². The number of pyridine rings is 1. The smallest absolute Gasteiger partial charge is 0.257 e. The summed E-state index contributed by atoms with van der Waals surface area (Å²) < 4.78 is 13.2. The molecule has 0 spiro atoms. The molecule has 18 heavy (non-hydrogen) atoms. The van der Waals surface area contributed by atoms with E-state index in [0.29, 0.717) is 17.3 Å². The highest BCUT2D eigenvalue weighted by atomic mass is 19.1. The molecule has 0 bridgehead atoms. The molecule has 2 heterocycles. The molecule has 0 aromatic carbocycles. The Bertz CT molecular complexity index is 464. The van der Waals surface area contributed by atoms with Gasteiger partial charge in [-0.2, -0.15) is 0 Å². The molecule has 1 saturated heterocycles. The minimum absolute atomic E-state index is 0.150. The van der Waals surface area contributed by atoms with Crippen molar-refractivity contribution in [3.05, 3.63) is 23.6 Å². The maximum atomic E-state index is 13.2. The standard InChI is InChI=1S/C13H18FN3O/c1-8-4-9(2)17(7-8)13(18)11-5-10(14)6-16-12(11)15-3/h5-6,8-9H,4,7H2,1-3H3,(H,15,16). The number of likely N-dealkylation sites (tertiary alicyclic amines) is 1. The van der Waals surface area contributed by atoms with Crippen molar-refractivity contribution in [3.8, 4) is 0 Å². The van der Waals surface area contributed by atoms with Gasteiger partial charge in [0, 0.05) is 19.6 Å². The Hall–Kier alpha value is -1.65. The predicted molar refractivity (Wildman–Crippen MR) is 68.0 cm³/mol. The summed E-state index contributed by atoms with van der Waals surface area (Å²) in [6, 6.07) is 1.44. The van der Waals surface area contributed by atoms with Gasteiger partial charge in [-0.25, -0.2) is 9.37 Å². The van der Waals surface area contributed by atoms with Gasteiger partial charge in [0.2, 0.25) is 0 Å². The number of carbonyl (C=O) groups is 1. The van der Waals surface area contributed by atoms with Crippen LogP contribution in [0.4, 0.5) is 10.2 Å². The Morgan fingerprint density at radius 3 is 2.83 bits per heavy atom. The van der Waals surface area contributed by atoms with Crippen molar-refractivity contribution in [2.45, 2.75) is 26.3 Å². The number of hydrogen-bond donors (Lipinski definition) is 1. The summed E-state index contributed by atoms with van der Waals surface area (Å²) in [6.07, 6.45) is 2.10. The number of nitrogens with zero attached hydrogens (tertiary/aromatic N) is 2. The Labute approximate surface area is 106 Å². The highest BCUT2D eigenvalue weighted by molar-refractivity contribution is 5.99. The fraction of sp³-hybridized carbons (Fsp3) is 0.538. The van der Waals surface area contributed by atoms with E-state index in [1.807, 2.05) is 6.92 Å². The van der Waals surface area contributed by atoms with Crippen molar-refractivity contribution >= 4 is 11.7 Å². The zero-order chi connectivity index (χ0) is 13.3. The van der Waals surface area contributed by atoms with Gasteiger partial charge in [-0.05, 0) is 25.3 Å². The monoisotopic (exact) mass is 251 g/mol. The van der Waals surface area contributed by atoms with Crippen LogP contribution in [0.3, 0.4) is 0 Å². The van der Waals surface area contributed by atoms with Crippen LogP contribution in [0.2, 0.25) is 0 Å².